The van der Waals surface area contributed by atoms with Crippen molar-refractivity contribution in [2.24, 2.45) is 9.50 Å². The Morgan fingerprint density at radius 1 is 1.33 bits per heavy atom. The zero-order chi connectivity index (χ0) is 23.3. The van der Waals surface area contributed by atoms with Gasteiger partial charge in [-0.2, -0.15) is 27.0 Å². The first kappa shape index (κ1) is 30.3. The van der Waals surface area contributed by atoms with Gasteiger partial charge in [-0.1, -0.05) is 25.4 Å². The predicted molar refractivity (Wildman–Crippen MR) is 139 cm³/mol. The number of benzene rings is 1. The summed E-state index contributed by atoms with van der Waals surface area (Å²) in [5, 5.41) is 15.8. The first-order valence-corrected chi connectivity index (χ1v) is 12.6. The van der Waals surface area contributed by atoms with Gasteiger partial charge in [0, 0.05) is 4.88 Å². The van der Waals surface area contributed by atoms with E-state index in [9.17, 15) is 22.9 Å². The van der Waals surface area contributed by atoms with Crippen molar-refractivity contribution in [3.8, 4) is 0 Å². The highest BCUT2D eigenvalue weighted by molar-refractivity contribution is 7.93. The van der Waals surface area contributed by atoms with Gasteiger partial charge in [0.05, 0.1) is 17.0 Å². The molecule has 1 aromatic heterocycles. The van der Waals surface area contributed by atoms with E-state index < -0.39 is 37.3 Å². The minimum Gasteiger partial charge on any atom is -0.385 e. The summed E-state index contributed by atoms with van der Waals surface area (Å²) in [6.07, 6.45) is 1.50. The number of thiophene rings is 1. The van der Waals surface area contributed by atoms with Crippen molar-refractivity contribution in [3.63, 3.8) is 0 Å². The maximum Gasteiger partial charge on any atom is 0.259 e. The molecular weight excluding hydrogens is 530 g/mol. The highest BCUT2D eigenvalue weighted by Crippen LogP contribution is 2.45. The van der Waals surface area contributed by atoms with E-state index >= 15 is 0 Å². The molecule has 3 rings (SSSR count). The fraction of sp³-hybridized carbons (Fsp3) is 0.476. The number of carbonyl (C=O) groups excluding carboxylic acids is 1. The number of amides is 1. The summed E-state index contributed by atoms with van der Waals surface area (Å²) in [5.41, 5.74) is 0.226. The number of halogens is 3. The summed E-state index contributed by atoms with van der Waals surface area (Å²) in [5.74, 6) is -2.38. The second-order valence-electron chi connectivity index (χ2n) is 8.62. The van der Waals surface area contributed by atoms with Crippen LogP contribution in [0.4, 0.5) is 8.78 Å². The van der Waals surface area contributed by atoms with Gasteiger partial charge in [0.15, 0.2) is 19.9 Å². The molecule has 5 nitrogen and oxygen atoms in total. The van der Waals surface area contributed by atoms with Gasteiger partial charge in [0.2, 0.25) is 0 Å². The van der Waals surface area contributed by atoms with Crippen LogP contribution in [-0.2, 0) is 26.7 Å². The molecule has 1 unspecified atom stereocenters. The maximum atomic E-state index is 14.8. The van der Waals surface area contributed by atoms with Crippen molar-refractivity contribution in [1.29, 1.82) is 0 Å². The van der Waals surface area contributed by atoms with E-state index in [1.807, 2.05) is 0 Å². The molecule has 1 aromatic carbocycles. The lowest BCUT2D eigenvalue weighted by Gasteiger charge is -2.18. The Morgan fingerprint density at radius 2 is 1.91 bits per heavy atom. The zero-order valence-corrected chi connectivity index (χ0v) is 23.1. The van der Waals surface area contributed by atoms with Crippen LogP contribution in [0.2, 0.25) is 5.02 Å². The van der Waals surface area contributed by atoms with Crippen LogP contribution >= 0.6 is 49.9 Å². The molecule has 3 N–H and O–H groups in total. The minimum atomic E-state index is -3.88. The van der Waals surface area contributed by atoms with Crippen molar-refractivity contribution in [3.05, 3.63) is 50.4 Å². The SMILES string of the molecule is CC(C)c1c(F)c(Cl)cc(C2CC2)c1CC(=O)N=S(N)(=O)c1sc(C(C)(C)O)cc1F.S.S. The quantitative estimate of drug-likeness (QED) is 0.483. The first-order valence-electron chi connectivity index (χ1n) is 9.83. The number of hydrogen-bond acceptors (Lipinski definition) is 4. The minimum absolute atomic E-state index is 0. The van der Waals surface area contributed by atoms with E-state index in [0.717, 1.165) is 24.5 Å². The highest BCUT2D eigenvalue weighted by atomic mass is 35.5. The molecule has 1 amide bonds. The Labute approximate surface area is 216 Å². The summed E-state index contributed by atoms with van der Waals surface area (Å²) in [6.45, 7) is 6.48. The van der Waals surface area contributed by atoms with Gasteiger partial charge in [-0.15, -0.1) is 15.7 Å². The number of nitrogens with zero attached hydrogens (tertiary/aromatic N) is 1. The lowest BCUT2D eigenvalue weighted by atomic mass is 9.89. The zero-order valence-electron chi connectivity index (χ0n) is 18.7. The van der Waals surface area contributed by atoms with Crippen LogP contribution in [-0.4, -0.2) is 15.2 Å². The Hall–Kier alpha value is -0.690. The van der Waals surface area contributed by atoms with Crippen molar-refractivity contribution in [2.45, 2.75) is 68.6 Å². The number of rotatable bonds is 6. The van der Waals surface area contributed by atoms with Gasteiger partial charge < -0.3 is 5.11 Å². The molecule has 1 heterocycles. The normalized spacial score (nSPS) is 15.5. The molecule has 1 saturated carbocycles. The third-order valence-electron chi connectivity index (χ3n) is 5.09. The van der Waals surface area contributed by atoms with Gasteiger partial charge in [-0.25, -0.2) is 18.1 Å². The summed E-state index contributed by atoms with van der Waals surface area (Å²) in [6, 6.07) is 2.57. The van der Waals surface area contributed by atoms with Crippen LogP contribution in [0.15, 0.2) is 20.7 Å². The van der Waals surface area contributed by atoms with Crippen LogP contribution in [0.25, 0.3) is 0 Å². The molecule has 1 aliphatic carbocycles. The van der Waals surface area contributed by atoms with E-state index in [-0.39, 0.29) is 55.1 Å². The molecule has 1 aliphatic rings. The van der Waals surface area contributed by atoms with E-state index in [0.29, 0.717) is 22.5 Å². The van der Waals surface area contributed by atoms with E-state index in [1.54, 1.807) is 13.8 Å². The number of aliphatic hydroxyl groups is 1. The third-order valence-corrected chi connectivity index (χ3v) is 8.75. The van der Waals surface area contributed by atoms with Crippen molar-refractivity contribution >= 4 is 65.8 Å². The van der Waals surface area contributed by atoms with Gasteiger partial charge in [-0.05, 0) is 67.3 Å². The molecule has 0 radical (unpaired) electrons. The second kappa shape index (κ2) is 10.9. The lowest BCUT2D eigenvalue weighted by Crippen LogP contribution is -2.17. The highest BCUT2D eigenvalue weighted by Gasteiger charge is 2.32. The van der Waals surface area contributed by atoms with Crippen molar-refractivity contribution < 1.29 is 22.9 Å². The Kier molecular flexibility index (Phi) is 10.0. The van der Waals surface area contributed by atoms with E-state index in [1.165, 1.54) is 19.9 Å². The molecule has 1 fully saturated rings. The molecule has 186 valence electrons. The summed E-state index contributed by atoms with van der Waals surface area (Å²) >= 11 is 6.78. The maximum absolute atomic E-state index is 14.8. The summed E-state index contributed by atoms with van der Waals surface area (Å²) in [7, 11) is -3.88. The van der Waals surface area contributed by atoms with Crippen LogP contribution < -0.4 is 5.14 Å². The predicted octanol–water partition coefficient (Wildman–Crippen LogP) is 5.60. The van der Waals surface area contributed by atoms with Crippen LogP contribution in [0.1, 0.15) is 73.9 Å². The van der Waals surface area contributed by atoms with Gasteiger partial charge in [0.1, 0.15) is 5.82 Å². The molecule has 33 heavy (non-hydrogen) atoms. The first-order chi connectivity index (χ1) is 14.2. The Balaban J connectivity index is 0.00000272. The van der Waals surface area contributed by atoms with E-state index in [4.69, 9.17) is 16.7 Å². The van der Waals surface area contributed by atoms with Gasteiger partial charge >= 0.3 is 0 Å². The average molecular weight is 559 g/mol. The molecule has 0 bridgehead atoms. The number of carbonyl (C=O) groups is 1. The fourth-order valence-corrected chi connectivity index (χ4v) is 6.13. The topological polar surface area (TPSA) is 92.8 Å². The third kappa shape index (κ3) is 6.71. The Morgan fingerprint density at radius 3 is 2.36 bits per heavy atom. The van der Waals surface area contributed by atoms with Crippen LogP contribution in [0.5, 0.6) is 0 Å². The average Bonchev–Trinajstić information content (AvgIpc) is 3.36. The molecule has 1 atom stereocenters. The molecule has 0 saturated heterocycles. The molecule has 2 aromatic rings. The fourth-order valence-electron chi connectivity index (χ4n) is 3.49. The summed E-state index contributed by atoms with van der Waals surface area (Å²) in [4.78, 5) is 12.9. The smallest absolute Gasteiger partial charge is 0.259 e. The molecule has 0 spiro atoms. The molecule has 0 aliphatic heterocycles. The number of nitrogens with two attached hydrogens (primary N) is 1. The van der Waals surface area contributed by atoms with Crippen molar-refractivity contribution in [1.82, 2.24) is 0 Å². The monoisotopic (exact) mass is 558 g/mol. The summed E-state index contributed by atoms with van der Waals surface area (Å²) < 4.78 is 45.2. The van der Waals surface area contributed by atoms with Gasteiger partial charge in [0.25, 0.3) is 5.91 Å². The lowest BCUT2D eigenvalue weighted by molar-refractivity contribution is -0.117. The molecule has 12 heteroatoms. The van der Waals surface area contributed by atoms with Gasteiger partial charge in [-0.3, -0.25) is 4.79 Å². The van der Waals surface area contributed by atoms with Crippen LogP contribution in [0.3, 0.4) is 0 Å². The number of hydrogen-bond donors (Lipinski definition) is 2. The standard InChI is InChI=1S/C21H25ClF2N2O3S2.2H2S/c1-10(2)18-13(12(11-5-6-11)7-14(22)19(18)24)8-17(27)26-31(25,29)20-15(23)9-16(30-20)21(3,4)28;;/h7,9-11,28H,5-6,8H2,1-4H3,(H2,25,26,27,29);2*1H2. The largest absolute Gasteiger partial charge is 0.385 e. The van der Waals surface area contributed by atoms with Crippen LogP contribution in [0, 0.1) is 11.6 Å². The van der Waals surface area contributed by atoms with E-state index in [2.05, 4.69) is 4.36 Å². The molecular formula is C21H29ClF2N2O3S4. The van der Waals surface area contributed by atoms with Crippen molar-refractivity contribution in [2.75, 3.05) is 0 Å². The Bertz CT molecular complexity index is 1170. The second-order valence-corrected chi connectivity index (χ2v) is 12.1.